The van der Waals surface area contributed by atoms with Gasteiger partial charge in [0.2, 0.25) is 0 Å². The summed E-state index contributed by atoms with van der Waals surface area (Å²) in [7, 11) is 0. The van der Waals surface area contributed by atoms with Crippen molar-refractivity contribution in [1.82, 2.24) is 27.4 Å². The Morgan fingerprint density at radius 1 is 0.0985 bits per heavy atom. The van der Waals surface area contributed by atoms with Crippen molar-refractivity contribution >= 4 is 131 Å². The van der Waals surface area contributed by atoms with Gasteiger partial charge in [-0.2, -0.15) is 0 Å². The third kappa shape index (κ3) is 13.0. The molecule has 0 aliphatic heterocycles. The zero-order valence-electron chi connectivity index (χ0n) is 72.2. The van der Waals surface area contributed by atoms with E-state index in [-0.39, 0.29) is 0 Å². The van der Waals surface area contributed by atoms with E-state index < -0.39 is 0 Å². The molecule has 0 spiro atoms. The van der Waals surface area contributed by atoms with Gasteiger partial charge in [0.05, 0.1) is 66.2 Å². The molecule has 27 rings (SSSR count). The van der Waals surface area contributed by atoms with Crippen LogP contribution in [0.25, 0.3) is 232 Å². The fourth-order valence-electron chi connectivity index (χ4n) is 20.9. The average Bonchev–Trinajstić information content (AvgIpc) is 1.55. The molecular weight excluding hydrogens is 1600 g/mol. The summed E-state index contributed by atoms with van der Waals surface area (Å²) >= 11 is 0. The predicted octanol–water partition coefficient (Wildman–Crippen LogP) is 33.6. The summed E-state index contributed by atoms with van der Waals surface area (Å²) in [6.45, 7) is 0. The number of hydrogen-bond acceptors (Lipinski definition) is 0. The lowest BCUT2D eigenvalue weighted by atomic mass is 10.0. The molecule has 6 heteroatoms. The second-order valence-corrected chi connectivity index (χ2v) is 34.2. The van der Waals surface area contributed by atoms with Crippen molar-refractivity contribution < 1.29 is 0 Å². The molecule has 0 amide bonds. The summed E-state index contributed by atoms with van der Waals surface area (Å²) in [6.07, 6.45) is 0. The first kappa shape index (κ1) is 76.8. The highest BCUT2D eigenvalue weighted by molar-refractivity contribution is 6.29. The van der Waals surface area contributed by atoms with Gasteiger partial charge in [-0.05, 0) is 194 Å². The van der Waals surface area contributed by atoms with Gasteiger partial charge in [-0.15, -0.1) is 0 Å². The van der Waals surface area contributed by atoms with Crippen LogP contribution < -0.4 is 0 Å². The topological polar surface area (TPSA) is 29.6 Å². The molecule has 27 aromatic rings. The van der Waals surface area contributed by atoms with Gasteiger partial charge in [0.1, 0.15) is 0 Å². The second-order valence-electron chi connectivity index (χ2n) is 34.2. The first-order chi connectivity index (χ1) is 65.5. The van der Waals surface area contributed by atoms with E-state index in [2.05, 4.69) is 537 Å². The lowest BCUT2D eigenvalue weighted by Crippen LogP contribution is -1.96. The molecule has 618 valence electrons. The lowest BCUT2D eigenvalue weighted by molar-refractivity contribution is 1.17. The molecule has 0 bridgehead atoms. The maximum absolute atomic E-state index is 2.47. The molecule has 0 atom stereocenters. The zero-order valence-corrected chi connectivity index (χ0v) is 72.2. The molecule has 0 saturated heterocycles. The molecule has 0 unspecified atom stereocenters. The summed E-state index contributed by atoms with van der Waals surface area (Å²) in [5.41, 5.74) is 36.1. The van der Waals surface area contributed by atoms with E-state index in [1.54, 1.807) is 0 Å². The van der Waals surface area contributed by atoms with E-state index in [0.717, 1.165) is 34.1 Å². The molecule has 0 aliphatic carbocycles. The van der Waals surface area contributed by atoms with Gasteiger partial charge in [0.25, 0.3) is 0 Å². The Morgan fingerprint density at radius 3 is 0.561 bits per heavy atom. The number of benzene rings is 21. The number of rotatable bonds is 12. The van der Waals surface area contributed by atoms with Crippen LogP contribution in [0.5, 0.6) is 0 Å². The highest BCUT2D eigenvalue weighted by Gasteiger charge is 2.26. The Labute approximate surface area is 763 Å². The van der Waals surface area contributed by atoms with E-state index in [9.17, 15) is 0 Å². The third-order valence-electron chi connectivity index (χ3n) is 26.7. The molecule has 6 nitrogen and oxygen atoms in total. The monoisotopic (exact) mass is 1680 g/mol. The molecule has 0 aliphatic rings. The summed E-state index contributed by atoms with van der Waals surface area (Å²) in [4.78, 5) is 0. The number of para-hydroxylation sites is 6. The normalized spacial score (nSPS) is 11.6. The van der Waals surface area contributed by atoms with E-state index in [4.69, 9.17) is 0 Å². The minimum Gasteiger partial charge on any atom is -0.309 e. The van der Waals surface area contributed by atoms with Crippen LogP contribution in [0.4, 0.5) is 0 Å². The van der Waals surface area contributed by atoms with Crippen LogP contribution in [0.15, 0.2) is 510 Å². The third-order valence-corrected chi connectivity index (χ3v) is 26.7. The van der Waals surface area contributed by atoms with Gasteiger partial charge >= 0.3 is 0 Å². The standard InChI is InChI=1S/3C42H28N2/c1-3-13-29(14-4-1)31-17-11-19-33(27-31)43-39-24-10-8-22-37(39)41-40(43)26-25-36-35-21-7-9-23-38(35)44(42(36)41)34-20-12-18-32(28-34)30-15-5-2-6-16-30;1-3-12-29(13-4-1)31-22-24-33(25-23-31)44-38-20-9-7-18-35(38)36-26-27-40-41(42(36)44)37-19-8-10-21-39(37)43(40)34-17-11-16-32(28-34)30-14-5-2-6-15-30;1-3-12-29(13-4-1)31-22-24-33(25-23-31)43-39-21-10-8-19-37(39)41-40(43)27-26-36-35-18-7-9-20-38(35)44(42(36)41)34-17-11-16-32(28-34)30-14-5-2-6-15-30/h3*1-28H. The van der Waals surface area contributed by atoms with Crippen molar-refractivity contribution in [1.29, 1.82) is 0 Å². The van der Waals surface area contributed by atoms with Crippen LogP contribution in [-0.2, 0) is 0 Å². The van der Waals surface area contributed by atoms with Crippen LogP contribution in [0, 0.1) is 0 Å². The minimum atomic E-state index is 1.16. The first-order valence-electron chi connectivity index (χ1n) is 45.4. The van der Waals surface area contributed by atoms with Crippen LogP contribution in [0.2, 0.25) is 0 Å². The minimum absolute atomic E-state index is 1.16. The molecule has 6 heterocycles. The first-order valence-corrected chi connectivity index (χ1v) is 45.4. The lowest BCUT2D eigenvalue weighted by Gasteiger charge is -2.12. The van der Waals surface area contributed by atoms with Crippen LogP contribution >= 0.6 is 0 Å². The predicted molar refractivity (Wildman–Crippen MR) is 558 cm³/mol. The van der Waals surface area contributed by atoms with Crippen molar-refractivity contribution in [2.45, 2.75) is 0 Å². The second kappa shape index (κ2) is 32.4. The van der Waals surface area contributed by atoms with E-state index in [1.807, 2.05) is 0 Å². The van der Waals surface area contributed by atoms with Gasteiger partial charge in [-0.3, -0.25) is 0 Å². The number of hydrogen-bond donors (Lipinski definition) is 0. The van der Waals surface area contributed by atoms with Crippen LogP contribution in [0.1, 0.15) is 0 Å². The molecular formula is C126H84N6. The quantitative estimate of drug-likeness (QED) is 0.117. The van der Waals surface area contributed by atoms with Crippen LogP contribution in [0.3, 0.4) is 0 Å². The average molecular weight is 1680 g/mol. The Balaban J connectivity index is 0.000000106. The Bertz CT molecular complexity index is 9090. The van der Waals surface area contributed by atoms with Gasteiger partial charge in [-0.1, -0.05) is 382 Å². The Hall–Kier alpha value is -17.6. The molecule has 132 heavy (non-hydrogen) atoms. The van der Waals surface area contributed by atoms with Gasteiger partial charge in [0, 0.05) is 98.8 Å². The Morgan fingerprint density at radius 2 is 0.288 bits per heavy atom. The van der Waals surface area contributed by atoms with Crippen molar-refractivity contribution in [2.75, 3.05) is 0 Å². The summed E-state index contributed by atoms with van der Waals surface area (Å²) < 4.78 is 14.7. The number of nitrogens with zero attached hydrogens (tertiary/aromatic N) is 6. The fraction of sp³-hybridized carbons (Fsp3) is 0. The molecule has 0 saturated carbocycles. The maximum Gasteiger partial charge on any atom is 0.0641 e. The van der Waals surface area contributed by atoms with E-state index >= 15 is 0 Å². The SMILES string of the molecule is c1ccc(-c2ccc(-n3c4ccccc4c4c3ccc3c5ccccc5n(-c5cccc(-c6ccccc6)c5)c34)cc2)cc1.c1ccc(-c2ccc(-n3c4ccccc4c4ccc5c(c6ccccc6n5-c5cccc(-c6ccccc6)c5)c43)cc2)cc1.c1ccc(-c2cccc(-n3c4ccccc4c4c3ccc3c5ccccc5n(-c5cccc(-c6ccccc6)c5)c34)c2)cc1. The molecule has 0 fully saturated rings. The smallest absolute Gasteiger partial charge is 0.0641 e. The molecule has 0 radical (unpaired) electrons. The summed E-state index contributed by atoms with van der Waals surface area (Å²) in [5.74, 6) is 0. The maximum atomic E-state index is 2.47. The van der Waals surface area contributed by atoms with Gasteiger partial charge in [-0.25, -0.2) is 0 Å². The number of aromatic nitrogens is 6. The summed E-state index contributed by atoms with van der Waals surface area (Å²) in [5, 5.41) is 15.1. The van der Waals surface area contributed by atoms with Gasteiger partial charge < -0.3 is 27.4 Å². The Kier molecular flexibility index (Phi) is 18.8. The number of fused-ring (bicyclic) bond motifs is 21. The highest BCUT2D eigenvalue weighted by atomic mass is 15.0. The van der Waals surface area contributed by atoms with Crippen molar-refractivity contribution in [3.63, 3.8) is 0 Å². The van der Waals surface area contributed by atoms with E-state index in [1.165, 1.54) is 198 Å². The zero-order chi connectivity index (χ0) is 87.1. The largest absolute Gasteiger partial charge is 0.309 e. The molecule has 21 aromatic carbocycles. The fourth-order valence-corrected chi connectivity index (χ4v) is 20.9. The summed E-state index contributed by atoms with van der Waals surface area (Å²) in [6, 6.07) is 184. The van der Waals surface area contributed by atoms with Crippen molar-refractivity contribution in [2.24, 2.45) is 0 Å². The van der Waals surface area contributed by atoms with Crippen molar-refractivity contribution in [3.8, 4) is 101 Å². The molecule has 6 aromatic heterocycles. The van der Waals surface area contributed by atoms with Gasteiger partial charge in [0.15, 0.2) is 0 Å². The molecule has 0 N–H and O–H groups in total. The highest BCUT2D eigenvalue weighted by Crippen LogP contribution is 2.48. The van der Waals surface area contributed by atoms with Crippen LogP contribution in [-0.4, -0.2) is 27.4 Å². The van der Waals surface area contributed by atoms with E-state index in [0.29, 0.717) is 0 Å². The van der Waals surface area contributed by atoms with Crippen molar-refractivity contribution in [3.05, 3.63) is 510 Å².